The van der Waals surface area contributed by atoms with Gasteiger partial charge in [0.2, 0.25) is 0 Å². The van der Waals surface area contributed by atoms with Gasteiger partial charge in [0, 0.05) is 7.11 Å². The molecule has 1 rings (SSSR count). The highest BCUT2D eigenvalue weighted by Crippen LogP contribution is 2.25. The molecule has 0 aromatic rings. The first-order valence-corrected chi connectivity index (χ1v) is 4.21. The Morgan fingerprint density at radius 2 is 1.91 bits per heavy atom. The molecule has 2 N–H and O–H groups in total. The van der Waals surface area contributed by atoms with Crippen LogP contribution in [0.25, 0.3) is 0 Å². The molecule has 66 valence electrons. The first-order chi connectivity index (χ1) is 5.36. The monoisotopic (exact) mass is 159 g/mol. The summed E-state index contributed by atoms with van der Waals surface area (Å²) in [6, 6.07) is 0. The van der Waals surface area contributed by atoms with E-state index in [9.17, 15) is 0 Å². The molecule has 0 spiro atoms. The number of hydrogen-bond acceptors (Lipinski definition) is 3. The van der Waals surface area contributed by atoms with Crippen LogP contribution in [0.5, 0.6) is 0 Å². The van der Waals surface area contributed by atoms with E-state index in [1.807, 2.05) is 0 Å². The summed E-state index contributed by atoms with van der Waals surface area (Å²) in [5.74, 6) is 5.65. The van der Waals surface area contributed by atoms with E-state index in [0.717, 1.165) is 12.8 Å². The van der Waals surface area contributed by atoms with Crippen LogP contribution in [0.15, 0.2) is 0 Å². The molecule has 3 nitrogen and oxygen atoms in total. The van der Waals surface area contributed by atoms with Crippen molar-refractivity contribution in [3.05, 3.63) is 0 Å². The van der Waals surface area contributed by atoms with Gasteiger partial charge >= 0.3 is 0 Å². The number of hydrogen-bond donors (Lipinski definition) is 1. The van der Waals surface area contributed by atoms with Gasteiger partial charge in [-0.25, -0.2) is 5.90 Å². The molecule has 1 saturated carbocycles. The van der Waals surface area contributed by atoms with Gasteiger partial charge in [0.1, 0.15) is 0 Å². The van der Waals surface area contributed by atoms with Gasteiger partial charge in [-0.2, -0.15) is 0 Å². The third-order valence-corrected chi connectivity index (χ3v) is 2.46. The number of nitrogens with two attached hydrogens (primary N) is 1. The van der Waals surface area contributed by atoms with Gasteiger partial charge in [0.25, 0.3) is 0 Å². The standard InChI is InChI=1S/C8H17NO2/c1-10-8-4-2-7(3-5-8)6-11-9/h7-8H,2-6,9H2,1H3. The Kier molecular flexibility index (Phi) is 3.83. The fourth-order valence-electron chi connectivity index (χ4n) is 1.67. The molecule has 0 amide bonds. The van der Waals surface area contributed by atoms with E-state index in [1.54, 1.807) is 7.11 Å². The SMILES string of the molecule is COC1CCC(CON)CC1. The highest BCUT2D eigenvalue weighted by Gasteiger charge is 2.20. The van der Waals surface area contributed by atoms with Crippen molar-refractivity contribution in [2.75, 3.05) is 13.7 Å². The van der Waals surface area contributed by atoms with E-state index in [1.165, 1.54) is 12.8 Å². The Balaban J connectivity index is 2.14. The zero-order valence-corrected chi connectivity index (χ0v) is 7.08. The third kappa shape index (κ3) is 2.77. The lowest BCUT2D eigenvalue weighted by atomic mass is 9.88. The van der Waals surface area contributed by atoms with E-state index >= 15 is 0 Å². The van der Waals surface area contributed by atoms with Crippen LogP contribution in [0, 0.1) is 5.92 Å². The molecule has 0 bridgehead atoms. The lowest BCUT2D eigenvalue weighted by Gasteiger charge is -2.26. The minimum Gasteiger partial charge on any atom is -0.381 e. The van der Waals surface area contributed by atoms with E-state index in [-0.39, 0.29) is 0 Å². The molecule has 0 saturated heterocycles. The molecule has 0 heterocycles. The van der Waals surface area contributed by atoms with Crippen molar-refractivity contribution in [2.45, 2.75) is 31.8 Å². The molecule has 0 aromatic carbocycles. The van der Waals surface area contributed by atoms with Crippen LogP contribution < -0.4 is 5.90 Å². The van der Waals surface area contributed by atoms with Crippen molar-refractivity contribution < 1.29 is 9.57 Å². The maximum Gasteiger partial charge on any atom is 0.0707 e. The summed E-state index contributed by atoms with van der Waals surface area (Å²) in [7, 11) is 1.78. The Morgan fingerprint density at radius 1 is 1.27 bits per heavy atom. The summed E-state index contributed by atoms with van der Waals surface area (Å²) < 4.78 is 5.25. The normalized spacial score (nSPS) is 32.2. The molecule has 1 aliphatic carbocycles. The summed E-state index contributed by atoms with van der Waals surface area (Å²) in [6.07, 6.45) is 5.17. The van der Waals surface area contributed by atoms with Crippen molar-refractivity contribution in [3.8, 4) is 0 Å². The van der Waals surface area contributed by atoms with Crippen LogP contribution >= 0.6 is 0 Å². The molecule has 0 aromatic heterocycles. The minimum absolute atomic E-state index is 0.476. The third-order valence-electron chi connectivity index (χ3n) is 2.46. The molecule has 0 aliphatic heterocycles. The van der Waals surface area contributed by atoms with E-state index in [0.29, 0.717) is 18.6 Å². The molecule has 11 heavy (non-hydrogen) atoms. The summed E-state index contributed by atoms with van der Waals surface area (Å²) in [6.45, 7) is 0.705. The van der Waals surface area contributed by atoms with Gasteiger partial charge in [-0.1, -0.05) is 0 Å². The fourth-order valence-corrected chi connectivity index (χ4v) is 1.67. The lowest BCUT2D eigenvalue weighted by Crippen LogP contribution is -2.24. The molecule has 0 unspecified atom stereocenters. The first-order valence-electron chi connectivity index (χ1n) is 4.21. The molecule has 0 radical (unpaired) electrons. The van der Waals surface area contributed by atoms with Crippen LogP contribution in [-0.2, 0) is 9.57 Å². The summed E-state index contributed by atoms with van der Waals surface area (Å²) in [5.41, 5.74) is 0. The molecule has 1 aliphatic rings. The predicted octanol–water partition coefficient (Wildman–Crippen LogP) is 1.08. The maximum absolute atomic E-state index is 5.25. The van der Waals surface area contributed by atoms with Gasteiger partial charge in [-0.05, 0) is 31.6 Å². The molecular formula is C8H17NO2. The van der Waals surface area contributed by atoms with Gasteiger partial charge in [-0.15, -0.1) is 0 Å². The van der Waals surface area contributed by atoms with Crippen molar-refractivity contribution in [2.24, 2.45) is 11.8 Å². The van der Waals surface area contributed by atoms with Gasteiger partial charge in [-0.3, -0.25) is 0 Å². The summed E-state index contributed by atoms with van der Waals surface area (Å²) in [4.78, 5) is 4.61. The van der Waals surface area contributed by atoms with Crippen LogP contribution in [0.3, 0.4) is 0 Å². The average Bonchev–Trinajstić information content (AvgIpc) is 2.07. The van der Waals surface area contributed by atoms with Crippen LogP contribution in [0.2, 0.25) is 0 Å². The molecular weight excluding hydrogens is 142 g/mol. The zero-order chi connectivity index (χ0) is 8.10. The Hall–Kier alpha value is -0.120. The zero-order valence-electron chi connectivity index (χ0n) is 7.08. The second-order valence-corrected chi connectivity index (χ2v) is 3.21. The summed E-state index contributed by atoms with van der Waals surface area (Å²) >= 11 is 0. The van der Waals surface area contributed by atoms with Crippen molar-refractivity contribution in [3.63, 3.8) is 0 Å². The van der Waals surface area contributed by atoms with Gasteiger partial charge < -0.3 is 9.57 Å². The van der Waals surface area contributed by atoms with Crippen molar-refractivity contribution in [1.82, 2.24) is 0 Å². The van der Waals surface area contributed by atoms with Crippen LogP contribution in [0.1, 0.15) is 25.7 Å². The van der Waals surface area contributed by atoms with Gasteiger partial charge in [0.05, 0.1) is 12.7 Å². The smallest absolute Gasteiger partial charge is 0.0707 e. The molecule has 3 heteroatoms. The van der Waals surface area contributed by atoms with E-state index < -0.39 is 0 Å². The van der Waals surface area contributed by atoms with E-state index in [4.69, 9.17) is 10.6 Å². The Bertz CT molecular complexity index is 100. The second-order valence-electron chi connectivity index (χ2n) is 3.21. The predicted molar refractivity (Wildman–Crippen MR) is 42.9 cm³/mol. The molecule has 0 atom stereocenters. The van der Waals surface area contributed by atoms with Crippen molar-refractivity contribution in [1.29, 1.82) is 0 Å². The average molecular weight is 159 g/mol. The first kappa shape index (κ1) is 8.97. The topological polar surface area (TPSA) is 44.5 Å². The lowest BCUT2D eigenvalue weighted by molar-refractivity contribution is 0.0280. The largest absolute Gasteiger partial charge is 0.381 e. The van der Waals surface area contributed by atoms with Gasteiger partial charge in [0.15, 0.2) is 0 Å². The highest BCUT2D eigenvalue weighted by atomic mass is 16.6. The maximum atomic E-state index is 5.25. The van der Waals surface area contributed by atoms with Crippen LogP contribution in [0.4, 0.5) is 0 Å². The number of rotatable bonds is 3. The quantitative estimate of drug-likeness (QED) is 0.627. The van der Waals surface area contributed by atoms with E-state index in [2.05, 4.69) is 4.84 Å². The number of methoxy groups -OCH3 is 1. The summed E-state index contributed by atoms with van der Waals surface area (Å²) in [5, 5.41) is 0. The fraction of sp³-hybridized carbons (Fsp3) is 1.00. The van der Waals surface area contributed by atoms with Crippen molar-refractivity contribution >= 4 is 0 Å². The molecule has 1 fully saturated rings. The Morgan fingerprint density at radius 3 is 2.36 bits per heavy atom. The second kappa shape index (κ2) is 4.70. The number of ether oxygens (including phenoxy) is 1. The van der Waals surface area contributed by atoms with Crippen LogP contribution in [-0.4, -0.2) is 19.8 Å². The highest BCUT2D eigenvalue weighted by molar-refractivity contribution is 4.71. The minimum atomic E-state index is 0.476. The Labute approximate surface area is 67.8 Å².